The second-order valence-corrected chi connectivity index (χ2v) is 16.0. The van der Waals surface area contributed by atoms with Crippen LogP contribution in [0.3, 0.4) is 0 Å². The van der Waals surface area contributed by atoms with Gasteiger partial charge in [-0.25, -0.2) is 14.4 Å². The number of aryl methyl sites for hydroxylation is 1. The van der Waals surface area contributed by atoms with Crippen LogP contribution in [0.5, 0.6) is 0 Å². The number of benzene rings is 3. The number of ether oxygens (including phenoxy) is 3. The van der Waals surface area contributed by atoms with E-state index in [0.717, 1.165) is 94.5 Å². The van der Waals surface area contributed by atoms with Gasteiger partial charge in [0.05, 0.1) is 5.41 Å². The Morgan fingerprint density at radius 1 is 0.508 bits per heavy atom. The Bertz CT molecular complexity index is 2030. The van der Waals surface area contributed by atoms with E-state index in [-0.39, 0.29) is 16.7 Å². The highest BCUT2D eigenvalue weighted by Gasteiger charge is 2.32. The number of anilines is 2. The van der Waals surface area contributed by atoms with Crippen LogP contribution in [0.2, 0.25) is 0 Å². The van der Waals surface area contributed by atoms with E-state index in [9.17, 15) is 30.2 Å². The second kappa shape index (κ2) is 27.3. The van der Waals surface area contributed by atoms with Gasteiger partial charge in [0.2, 0.25) is 0 Å². The third kappa shape index (κ3) is 17.3. The van der Waals surface area contributed by atoms with E-state index < -0.39 is 43.1 Å². The van der Waals surface area contributed by atoms with Gasteiger partial charge in [0, 0.05) is 37.6 Å². The molecule has 3 aromatic rings. The summed E-state index contributed by atoms with van der Waals surface area (Å²) in [5.41, 5.74) is 2.84. The Hall–Kier alpha value is -6.64. The molecule has 0 saturated heterocycles. The average Bonchev–Trinajstić information content (AvgIpc) is 3.30. The topological polar surface area (TPSA) is 157 Å². The van der Waals surface area contributed by atoms with Crippen molar-refractivity contribution in [3.05, 3.63) is 112 Å². The summed E-state index contributed by atoms with van der Waals surface area (Å²) in [5, 5.41) is 29.8. The number of carbonyl (C=O) groups is 3. The molecular weight excluding hydrogens is 791 g/mol. The van der Waals surface area contributed by atoms with E-state index in [2.05, 4.69) is 37.5 Å². The van der Waals surface area contributed by atoms with E-state index in [1.807, 2.05) is 85.8 Å². The van der Waals surface area contributed by atoms with Gasteiger partial charge in [-0.2, -0.15) is 15.8 Å². The van der Waals surface area contributed by atoms with Crippen LogP contribution in [0.25, 0.3) is 18.2 Å². The summed E-state index contributed by atoms with van der Waals surface area (Å²) in [4.78, 5) is 44.6. The molecule has 0 spiro atoms. The summed E-state index contributed by atoms with van der Waals surface area (Å²) >= 11 is 0. The van der Waals surface area contributed by atoms with Crippen LogP contribution in [-0.2, 0) is 28.6 Å². The maximum absolute atomic E-state index is 13.4. The van der Waals surface area contributed by atoms with Gasteiger partial charge in [-0.1, -0.05) is 107 Å². The molecule has 0 aliphatic rings. The Labute approximate surface area is 374 Å². The van der Waals surface area contributed by atoms with E-state index in [4.69, 9.17) is 14.2 Å². The number of nitrogens with zero attached hydrogens (tertiary/aromatic N) is 5. The number of hydrogen-bond acceptors (Lipinski definition) is 11. The van der Waals surface area contributed by atoms with Crippen molar-refractivity contribution in [3.8, 4) is 18.2 Å². The van der Waals surface area contributed by atoms with E-state index in [1.165, 1.54) is 18.2 Å². The number of carbonyl (C=O) groups excluding carboxylic acids is 3. The summed E-state index contributed by atoms with van der Waals surface area (Å²) in [5.74, 6) is -2.80. The smallest absolute Gasteiger partial charge is 0.348 e. The zero-order valence-electron chi connectivity index (χ0n) is 38.0. The number of esters is 3. The van der Waals surface area contributed by atoms with Crippen LogP contribution in [-0.4, -0.2) is 63.9 Å². The van der Waals surface area contributed by atoms with Crippen LogP contribution in [0.4, 0.5) is 11.4 Å². The second-order valence-electron chi connectivity index (χ2n) is 16.0. The largest absolute Gasteiger partial charge is 0.461 e. The maximum Gasteiger partial charge on any atom is 0.348 e. The Kier molecular flexibility index (Phi) is 22.0. The number of unbranched alkanes of at least 4 members (excludes halogenated alkanes) is 4. The van der Waals surface area contributed by atoms with Gasteiger partial charge >= 0.3 is 17.9 Å². The minimum absolute atomic E-state index is 0.264. The third-order valence-corrected chi connectivity index (χ3v) is 10.3. The average molecular weight is 854 g/mol. The molecule has 0 unspecified atom stereocenters. The fraction of sp³-hybridized carbons (Fsp3) is 0.423. The molecule has 0 saturated carbocycles. The van der Waals surface area contributed by atoms with Crippen LogP contribution in [0.1, 0.15) is 108 Å². The molecule has 3 rings (SSSR count). The van der Waals surface area contributed by atoms with E-state index in [0.29, 0.717) is 16.7 Å². The summed E-state index contributed by atoms with van der Waals surface area (Å²) in [7, 11) is 0. The van der Waals surface area contributed by atoms with Gasteiger partial charge in [-0.3, -0.25) is 0 Å². The van der Waals surface area contributed by atoms with Crippen LogP contribution < -0.4 is 9.80 Å². The van der Waals surface area contributed by atoms with Gasteiger partial charge in [0.15, 0.2) is 0 Å². The first-order valence-electron chi connectivity index (χ1n) is 22.1. The first kappa shape index (κ1) is 50.7. The van der Waals surface area contributed by atoms with Gasteiger partial charge in [-0.15, -0.1) is 0 Å². The minimum atomic E-state index is -1.36. The highest BCUT2D eigenvalue weighted by Crippen LogP contribution is 2.24. The molecule has 0 bridgehead atoms. The molecule has 0 atom stereocenters. The van der Waals surface area contributed by atoms with Gasteiger partial charge in [-0.05, 0) is 98.7 Å². The lowest BCUT2D eigenvalue weighted by Crippen LogP contribution is -2.37. The Morgan fingerprint density at radius 3 is 1.03 bits per heavy atom. The van der Waals surface area contributed by atoms with E-state index >= 15 is 0 Å². The normalized spacial score (nSPS) is 12.5. The van der Waals surface area contributed by atoms with Crippen molar-refractivity contribution in [1.82, 2.24) is 0 Å². The summed E-state index contributed by atoms with van der Waals surface area (Å²) in [6.45, 7) is 14.5. The lowest BCUT2D eigenvalue weighted by molar-refractivity contribution is -0.155. The first-order chi connectivity index (χ1) is 30.4. The summed E-state index contributed by atoms with van der Waals surface area (Å²) in [6.07, 6.45) is 12.9. The number of nitriles is 3. The van der Waals surface area contributed by atoms with Crippen molar-refractivity contribution in [3.63, 3.8) is 0 Å². The molecule has 0 N–H and O–H groups in total. The van der Waals surface area contributed by atoms with Crippen LogP contribution >= 0.6 is 0 Å². The molecule has 0 aromatic heterocycles. The Morgan fingerprint density at radius 2 is 0.778 bits per heavy atom. The first-order valence-corrected chi connectivity index (χ1v) is 22.1. The number of rotatable bonds is 26. The third-order valence-electron chi connectivity index (χ3n) is 10.3. The molecule has 0 fully saturated rings. The SMILES string of the molecule is CCCCN(CCCC)c1ccc(/C=C(\C#N)C(=O)OCC(C)(COC(=O)/C(C#N)=C/c2ccc(C)cc2)COC(=O)/C(C#N)=C/c2ccc(N(CCCC)CCCC)cc2)cc1. The molecule has 11 nitrogen and oxygen atoms in total. The molecule has 11 heteroatoms. The minimum Gasteiger partial charge on any atom is -0.461 e. The number of hydrogen-bond donors (Lipinski definition) is 0. The standard InChI is InChI=1S/C52H63N5O6/c1-7-11-27-56(28-12-8-2)47-23-19-42(20-24-47)32-45(35-54)50(59)62-38-52(6,37-61-49(58)44(34-53)31-41-17-15-40(5)16-18-41)39-63-51(60)46(36-55)33-43-21-25-48(26-22-43)57(29-13-9-3)30-14-10-4/h15-26,31-33H,7-14,27-30,37-39H2,1-6H3/b44-31+,45-32+,46-33+. The zero-order chi connectivity index (χ0) is 46.0. The lowest BCUT2D eigenvalue weighted by atomic mass is 9.94. The van der Waals surface area contributed by atoms with Crippen molar-refractivity contribution in [1.29, 1.82) is 15.8 Å². The van der Waals surface area contributed by atoms with Crippen molar-refractivity contribution in [2.45, 2.75) is 92.9 Å². The molecule has 332 valence electrons. The monoisotopic (exact) mass is 853 g/mol. The van der Waals surface area contributed by atoms with Crippen molar-refractivity contribution < 1.29 is 28.6 Å². The van der Waals surface area contributed by atoms with Gasteiger partial charge in [0.1, 0.15) is 54.7 Å². The van der Waals surface area contributed by atoms with E-state index in [1.54, 1.807) is 19.1 Å². The van der Waals surface area contributed by atoms with Crippen molar-refractivity contribution in [2.24, 2.45) is 5.41 Å². The summed E-state index contributed by atoms with van der Waals surface area (Å²) < 4.78 is 16.8. The highest BCUT2D eigenvalue weighted by molar-refractivity contribution is 5.99. The quantitative estimate of drug-likeness (QED) is 0.0328. The van der Waals surface area contributed by atoms with Crippen molar-refractivity contribution in [2.75, 3.05) is 55.8 Å². The fourth-order valence-corrected chi connectivity index (χ4v) is 6.35. The predicted octanol–water partition coefficient (Wildman–Crippen LogP) is 10.6. The van der Waals surface area contributed by atoms with Crippen molar-refractivity contribution >= 4 is 47.5 Å². The molecule has 3 aromatic carbocycles. The molecule has 0 aliphatic heterocycles. The molecular formula is C52H63N5O6. The predicted molar refractivity (Wildman–Crippen MR) is 250 cm³/mol. The molecule has 0 heterocycles. The lowest BCUT2D eigenvalue weighted by Gasteiger charge is -2.28. The molecule has 0 aliphatic carbocycles. The van der Waals surface area contributed by atoms with Crippen LogP contribution in [0.15, 0.2) is 89.5 Å². The molecule has 0 radical (unpaired) electrons. The molecule has 63 heavy (non-hydrogen) atoms. The fourth-order valence-electron chi connectivity index (χ4n) is 6.35. The zero-order valence-corrected chi connectivity index (χ0v) is 38.0. The highest BCUT2D eigenvalue weighted by atomic mass is 16.6. The maximum atomic E-state index is 13.4. The Balaban J connectivity index is 1.83. The van der Waals surface area contributed by atoms with Gasteiger partial charge < -0.3 is 24.0 Å². The molecule has 0 amide bonds. The van der Waals surface area contributed by atoms with Crippen LogP contribution in [0, 0.1) is 46.3 Å². The summed E-state index contributed by atoms with van der Waals surface area (Å²) in [6, 6.07) is 28.2. The van der Waals surface area contributed by atoms with Gasteiger partial charge in [0.25, 0.3) is 0 Å².